The molecular formula is C18H16N2O5S. The van der Waals surface area contributed by atoms with Gasteiger partial charge in [-0.1, -0.05) is 24.3 Å². The predicted octanol–water partition coefficient (Wildman–Crippen LogP) is 3.06. The number of benzene rings is 2. The van der Waals surface area contributed by atoms with Crippen molar-refractivity contribution in [2.75, 3.05) is 6.26 Å². The molecule has 3 rings (SSSR count). The van der Waals surface area contributed by atoms with Gasteiger partial charge in [0.15, 0.2) is 15.9 Å². The molecule has 3 aromatic rings. The molecule has 0 aliphatic carbocycles. The van der Waals surface area contributed by atoms with E-state index in [1.165, 1.54) is 24.3 Å². The van der Waals surface area contributed by atoms with Crippen LogP contribution in [0.4, 0.5) is 0 Å². The van der Waals surface area contributed by atoms with Crippen molar-refractivity contribution in [3.05, 3.63) is 66.1 Å². The second kappa shape index (κ2) is 7.09. The maximum absolute atomic E-state index is 12.3. The molecule has 0 aliphatic heterocycles. The Morgan fingerprint density at radius 1 is 1.08 bits per heavy atom. The van der Waals surface area contributed by atoms with Crippen LogP contribution in [0, 0.1) is 0 Å². The van der Waals surface area contributed by atoms with Gasteiger partial charge in [0.25, 0.3) is 5.89 Å². The van der Waals surface area contributed by atoms with E-state index in [0.717, 1.165) is 11.8 Å². The zero-order valence-electron chi connectivity index (χ0n) is 14.1. The summed E-state index contributed by atoms with van der Waals surface area (Å²) in [6.45, 7) is 1.60. The third-order valence-corrected chi connectivity index (χ3v) is 4.70. The highest BCUT2D eigenvalue weighted by Crippen LogP contribution is 2.23. The van der Waals surface area contributed by atoms with E-state index >= 15 is 0 Å². The molecule has 1 atom stereocenters. The molecule has 0 saturated carbocycles. The molecule has 2 aromatic carbocycles. The number of rotatable bonds is 5. The zero-order valence-corrected chi connectivity index (χ0v) is 14.9. The quantitative estimate of drug-likeness (QED) is 0.635. The average Bonchev–Trinajstić information content (AvgIpc) is 3.12. The number of carbonyl (C=O) groups excluding carboxylic acids is 1. The maximum atomic E-state index is 12.3. The van der Waals surface area contributed by atoms with Crippen molar-refractivity contribution in [2.24, 2.45) is 0 Å². The van der Waals surface area contributed by atoms with E-state index < -0.39 is 21.9 Å². The van der Waals surface area contributed by atoms with Gasteiger partial charge in [-0.3, -0.25) is 0 Å². The summed E-state index contributed by atoms with van der Waals surface area (Å²) in [5.74, 6) is -0.207. The number of sulfone groups is 1. The first-order chi connectivity index (χ1) is 12.3. The van der Waals surface area contributed by atoms with Crippen molar-refractivity contribution >= 4 is 15.8 Å². The fourth-order valence-corrected chi connectivity index (χ4v) is 2.90. The van der Waals surface area contributed by atoms with Gasteiger partial charge in [0.2, 0.25) is 5.89 Å². The number of esters is 1. The average molecular weight is 372 g/mol. The molecule has 1 unspecified atom stereocenters. The lowest BCUT2D eigenvalue weighted by Crippen LogP contribution is -2.10. The van der Waals surface area contributed by atoms with E-state index in [1.54, 1.807) is 6.92 Å². The van der Waals surface area contributed by atoms with Gasteiger partial charge in [-0.05, 0) is 37.3 Å². The lowest BCUT2D eigenvalue weighted by Gasteiger charge is -2.10. The van der Waals surface area contributed by atoms with Crippen molar-refractivity contribution in [2.45, 2.75) is 17.9 Å². The minimum Gasteiger partial charge on any atom is -0.449 e. The van der Waals surface area contributed by atoms with Gasteiger partial charge in [0.05, 0.1) is 10.5 Å². The molecule has 0 N–H and O–H groups in total. The predicted molar refractivity (Wildman–Crippen MR) is 93.1 cm³/mol. The Hall–Kier alpha value is -3.00. The monoisotopic (exact) mass is 372 g/mol. The summed E-state index contributed by atoms with van der Waals surface area (Å²) >= 11 is 0. The Morgan fingerprint density at radius 3 is 2.50 bits per heavy atom. The largest absolute Gasteiger partial charge is 0.449 e. The molecular weight excluding hydrogens is 356 g/mol. The van der Waals surface area contributed by atoms with Gasteiger partial charge in [-0.15, -0.1) is 10.2 Å². The SMILES string of the molecule is CC(OC(=O)c1cccc(S(C)(=O)=O)c1)c1nnc(-c2ccccc2)o1. The molecule has 8 heteroatoms. The molecule has 134 valence electrons. The Bertz CT molecular complexity index is 1030. The summed E-state index contributed by atoms with van der Waals surface area (Å²) in [6, 6.07) is 14.9. The van der Waals surface area contributed by atoms with Crippen LogP contribution < -0.4 is 0 Å². The summed E-state index contributed by atoms with van der Waals surface area (Å²) < 4.78 is 34.1. The Morgan fingerprint density at radius 2 is 1.81 bits per heavy atom. The van der Waals surface area contributed by atoms with Gasteiger partial charge in [0.1, 0.15) is 0 Å². The Balaban J connectivity index is 1.75. The smallest absolute Gasteiger partial charge is 0.338 e. The number of carbonyl (C=O) groups is 1. The minimum atomic E-state index is -3.42. The number of ether oxygens (including phenoxy) is 1. The lowest BCUT2D eigenvalue weighted by molar-refractivity contribution is 0.0279. The number of nitrogens with zero attached hydrogens (tertiary/aromatic N) is 2. The summed E-state index contributed by atoms with van der Waals surface area (Å²) in [5, 5.41) is 7.85. The number of aromatic nitrogens is 2. The van der Waals surface area contributed by atoms with Gasteiger partial charge in [0, 0.05) is 11.8 Å². The molecule has 0 bridgehead atoms. The van der Waals surface area contributed by atoms with Crippen LogP contribution in [0.3, 0.4) is 0 Å². The highest BCUT2D eigenvalue weighted by atomic mass is 32.2. The van der Waals surface area contributed by atoms with E-state index in [4.69, 9.17) is 9.15 Å². The second-order valence-electron chi connectivity index (χ2n) is 5.66. The van der Waals surface area contributed by atoms with E-state index in [-0.39, 0.29) is 16.3 Å². The van der Waals surface area contributed by atoms with Crippen LogP contribution in [0.15, 0.2) is 63.9 Å². The fourth-order valence-electron chi connectivity index (χ4n) is 2.23. The topological polar surface area (TPSA) is 99.4 Å². The molecule has 0 fully saturated rings. The summed E-state index contributed by atoms with van der Waals surface area (Å²) in [7, 11) is -3.42. The third kappa shape index (κ3) is 3.97. The van der Waals surface area contributed by atoms with Gasteiger partial charge in [-0.2, -0.15) is 0 Å². The van der Waals surface area contributed by atoms with Gasteiger partial charge >= 0.3 is 5.97 Å². The standard InChI is InChI=1S/C18H16N2O5S/c1-12(16-19-20-17(25-16)13-7-4-3-5-8-13)24-18(21)14-9-6-10-15(11-14)26(2,22)23/h3-12H,1-2H3. The van der Waals surface area contributed by atoms with Crippen LogP contribution in [0.5, 0.6) is 0 Å². The van der Waals surface area contributed by atoms with E-state index in [2.05, 4.69) is 10.2 Å². The Kier molecular flexibility index (Phi) is 4.85. The van der Waals surface area contributed by atoms with Crippen molar-refractivity contribution in [3.63, 3.8) is 0 Å². The molecule has 26 heavy (non-hydrogen) atoms. The van der Waals surface area contributed by atoms with Crippen LogP contribution in [0.25, 0.3) is 11.5 Å². The van der Waals surface area contributed by atoms with E-state index in [1.807, 2.05) is 30.3 Å². The normalized spacial score (nSPS) is 12.5. The minimum absolute atomic E-state index is 0.0451. The summed E-state index contributed by atoms with van der Waals surface area (Å²) in [5.41, 5.74) is 0.883. The molecule has 0 aliphatic rings. The van der Waals surface area contributed by atoms with Gasteiger partial charge < -0.3 is 9.15 Å². The van der Waals surface area contributed by atoms with Crippen LogP contribution in [-0.2, 0) is 14.6 Å². The maximum Gasteiger partial charge on any atom is 0.338 e. The molecule has 0 spiro atoms. The van der Waals surface area contributed by atoms with E-state index in [0.29, 0.717) is 5.89 Å². The number of hydrogen-bond donors (Lipinski definition) is 0. The molecule has 7 nitrogen and oxygen atoms in total. The molecule has 0 radical (unpaired) electrons. The van der Waals surface area contributed by atoms with E-state index in [9.17, 15) is 13.2 Å². The van der Waals surface area contributed by atoms with Crippen molar-refractivity contribution in [3.8, 4) is 11.5 Å². The van der Waals surface area contributed by atoms with Crippen molar-refractivity contribution in [1.82, 2.24) is 10.2 Å². The molecule has 0 amide bonds. The second-order valence-corrected chi connectivity index (χ2v) is 7.67. The van der Waals surface area contributed by atoms with Crippen LogP contribution in [-0.4, -0.2) is 30.8 Å². The van der Waals surface area contributed by atoms with Crippen LogP contribution in [0.1, 0.15) is 29.3 Å². The molecule has 0 saturated heterocycles. The first-order valence-corrected chi connectivity index (χ1v) is 9.63. The summed E-state index contributed by atoms with van der Waals surface area (Å²) in [4.78, 5) is 12.3. The zero-order chi connectivity index (χ0) is 18.7. The third-order valence-electron chi connectivity index (χ3n) is 3.59. The highest BCUT2D eigenvalue weighted by Gasteiger charge is 2.21. The van der Waals surface area contributed by atoms with Crippen LogP contribution in [0.2, 0.25) is 0 Å². The number of hydrogen-bond acceptors (Lipinski definition) is 7. The molecule has 1 aromatic heterocycles. The van der Waals surface area contributed by atoms with Crippen molar-refractivity contribution in [1.29, 1.82) is 0 Å². The van der Waals surface area contributed by atoms with Gasteiger partial charge in [-0.25, -0.2) is 13.2 Å². The lowest BCUT2D eigenvalue weighted by atomic mass is 10.2. The van der Waals surface area contributed by atoms with Crippen molar-refractivity contribution < 1.29 is 22.4 Å². The fraction of sp³-hybridized carbons (Fsp3) is 0.167. The first kappa shape index (κ1) is 17.8. The molecule has 1 heterocycles. The Labute approximate surface area is 150 Å². The summed E-state index contributed by atoms with van der Waals surface area (Å²) in [6.07, 6.45) is 0.290. The highest BCUT2D eigenvalue weighted by molar-refractivity contribution is 7.90. The van der Waals surface area contributed by atoms with Crippen LogP contribution >= 0.6 is 0 Å². The first-order valence-electron chi connectivity index (χ1n) is 7.74.